The number of esters is 2. The fraction of sp³-hybridized carbons (Fsp3) is 0.842. The summed E-state index contributed by atoms with van der Waals surface area (Å²) in [6, 6.07) is 0. The molecule has 0 saturated heterocycles. The van der Waals surface area contributed by atoms with Crippen LogP contribution in [-0.2, 0) is 32.7 Å². The summed E-state index contributed by atoms with van der Waals surface area (Å²) in [6.07, 6.45) is 16.2. The van der Waals surface area contributed by atoms with Crippen molar-refractivity contribution in [2.24, 2.45) is 0 Å². The molecule has 6 N–H and O–H groups in total. The number of allylic oxidation sites excluding steroid dienone is 3. The van der Waals surface area contributed by atoms with Crippen molar-refractivity contribution in [2.75, 3.05) is 13.2 Å². The van der Waals surface area contributed by atoms with Crippen LogP contribution in [0.4, 0.5) is 0 Å². The molecule has 1 saturated carbocycles. The van der Waals surface area contributed by atoms with Crippen LogP contribution >= 0.6 is 7.82 Å². The van der Waals surface area contributed by atoms with Crippen LogP contribution < -0.4 is 0 Å². The fourth-order valence-electron chi connectivity index (χ4n) is 5.91. The summed E-state index contributed by atoms with van der Waals surface area (Å²) in [5, 5.41) is 49.8. The third kappa shape index (κ3) is 22.5. The molecule has 0 aromatic carbocycles. The zero-order valence-corrected chi connectivity index (χ0v) is 32.5. The third-order valence-corrected chi connectivity index (χ3v) is 10.1. The number of carbonyl (C=O) groups is 2. The van der Waals surface area contributed by atoms with Gasteiger partial charge in [0.25, 0.3) is 0 Å². The quantitative estimate of drug-likeness (QED) is 0.0155. The minimum absolute atomic E-state index is 0.0784. The number of aliphatic hydroxyl groups is 5. The molecule has 13 nitrogen and oxygen atoms in total. The van der Waals surface area contributed by atoms with Gasteiger partial charge in [-0.2, -0.15) is 0 Å². The highest BCUT2D eigenvalue weighted by molar-refractivity contribution is 7.47. The first kappa shape index (κ1) is 48.3. The standard InChI is InChI=1S/C38H69O13P/c1-3-5-7-9-11-13-14-15-16-17-18-19-21-22-24-26-31(39)48-28-30(50-32(40)27-25-23-20-12-10-8-6-4-2)29-49-52(46,47)51-38-36(44)34(42)33(41)35(43)37(38)45/h21-22,24,26,30,33-38,41-45H,3-20,23,25,27-29H2,1-2H3,(H,46,47)/b22-21+,26-24+/t30-,33?,34-,35?,36?,37?,38?/m0/s1. The average Bonchev–Trinajstić information content (AvgIpc) is 3.12. The number of rotatable bonds is 31. The van der Waals surface area contributed by atoms with Gasteiger partial charge in [0.2, 0.25) is 0 Å². The van der Waals surface area contributed by atoms with E-state index in [9.17, 15) is 44.6 Å². The summed E-state index contributed by atoms with van der Waals surface area (Å²) in [7, 11) is -5.12. The van der Waals surface area contributed by atoms with E-state index in [1.54, 1.807) is 6.08 Å². The Kier molecular flexibility index (Phi) is 27.6. The molecule has 0 aliphatic heterocycles. The third-order valence-electron chi connectivity index (χ3n) is 9.15. The predicted molar refractivity (Wildman–Crippen MR) is 198 cm³/mol. The molecule has 0 aromatic heterocycles. The number of hydrogen-bond acceptors (Lipinski definition) is 12. The highest BCUT2D eigenvalue weighted by Crippen LogP contribution is 2.47. The fourth-order valence-corrected chi connectivity index (χ4v) is 6.88. The lowest BCUT2D eigenvalue weighted by Gasteiger charge is -2.41. The Morgan fingerprint density at radius 1 is 0.635 bits per heavy atom. The van der Waals surface area contributed by atoms with E-state index in [2.05, 4.69) is 13.8 Å². The minimum atomic E-state index is -5.12. The van der Waals surface area contributed by atoms with Gasteiger partial charge in [-0.25, -0.2) is 9.36 Å². The zero-order chi connectivity index (χ0) is 38.6. The Bertz CT molecular complexity index is 1020. The molecule has 0 amide bonds. The van der Waals surface area contributed by atoms with Gasteiger partial charge in [-0.3, -0.25) is 13.8 Å². The van der Waals surface area contributed by atoms with E-state index >= 15 is 0 Å². The van der Waals surface area contributed by atoms with Gasteiger partial charge in [-0.05, 0) is 19.3 Å². The monoisotopic (exact) mass is 764 g/mol. The Balaban J connectivity index is 2.56. The van der Waals surface area contributed by atoms with Gasteiger partial charge in [-0.15, -0.1) is 0 Å². The van der Waals surface area contributed by atoms with Crippen molar-refractivity contribution in [2.45, 2.75) is 191 Å². The second-order valence-electron chi connectivity index (χ2n) is 13.9. The van der Waals surface area contributed by atoms with Crippen molar-refractivity contribution in [3.05, 3.63) is 24.3 Å². The maximum Gasteiger partial charge on any atom is 0.472 e. The van der Waals surface area contributed by atoms with Crippen LogP contribution in [0, 0.1) is 0 Å². The van der Waals surface area contributed by atoms with Crippen LogP contribution in [0.15, 0.2) is 24.3 Å². The number of phosphoric acid groups is 1. The summed E-state index contributed by atoms with van der Waals surface area (Å²) in [5.74, 6) is -1.36. The van der Waals surface area contributed by atoms with Gasteiger partial charge in [0.1, 0.15) is 43.2 Å². The number of unbranched alkanes of at least 4 members (excludes halogenated alkanes) is 18. The molecule has 1 aliphatic rings. The van der Waals surface area contributed by atoms with Gasteiger partial charge < -0.3 is 39.9 Å². The second-order valence-corrected chi connectivity index (χ2v) is 15.3. The highest BCUT2D eigenvalue weighted by atomic mass is 31.2. The molecule has 8 atom stereocenters. The molecule has 0 bridgehead atoms. The van der Waals surface area contributed by atoms with Gasteiger partial charge in [0.15, 0.2) is 6.10 Å². The molecule has 0 spiro atoms. The van der Waals surface area contributed by atoms with Gasteiger partial charge >= 0.3 is 19.8 Å². The van der Waals surface area contributed by atoms with Crippen LogP contribution in [0.3, 0.4) is 0 Å². The van der Waals surface area contributed by atoms with Crippen molar-refractivity contribution in [1.82, 2.24) is 0 Å². The largest absolute Gasteiger partial charge is 0.472 e. The van der Waals surface area contributed by atoms with E-state index in [0.717, 1.165) is 51.4 Å². The molecule has 52 heavy (non-hydrogen) atoms. The van der Waals surface area contributed by atoms with Crippen LogP contribution in [0.2, 0.25) is 0 Å². The summed E-state index contributed by atoms with van der Waals surface area (Å²) in [4.78, 5) is 35.2. The molecule has 14 heteroatoms. The number of hydrogen-bond donors (Lipinski definition) is 6. The summed E-state index contributed by atoms with van der Waals surface area (Å²) >= 11 is 0. The minimum Gasteiger partial charge on any atom is -0.458 e. The molecule has 0 heterocycles. The molecule has 0 aromatic rings. The lowest BCUT2D eigenvalue weighted by atomic mass is 9.85. The molecule has 1 aliphatic carbocycles. The Hall–Kier alpha value is -1.67. The maximum absolute atomic E-state index is 12.7. The van der Waals surface area contributed by atoms with E-state index < -0.39 is 75.7 Å². The number of phosphoric ester groups is 1. The Labute approximate surface area is 311 Å². The first-order valence-electron chi connectivity index (χ1n) is 19.7. The van der Waals surface area contributed by atoms with Crippen LogP contribution in [-0.4, -0.2) is 98.3 Å². The maximum atomic E-state index is 12.7. The van der Waals surface area contributed by atoms with E-state index in [1.807, 2.05) is 6.08 Å². The summed E-state index contributed by atoms with van der Waals surface area (Å²) in [5.41, 5.74) is 0. The normalized spacial score (nSPS) is 23.9. The molecular weight excluding hydrogens is 695 g/mol. The van der Waals surface area contributed by atoms with Gasteiger partial charge in [0, 0.05) is 12.5 Å². The van der Waals surface area contributed by atoms with Crippen molar-refractivity contribution < 1.29 is 63.1 Å². The summed E-state index contributed by atoms with van der Waals surface area (Å²) < 4.78 is 33.1. The SMILES string of the molecule is CCCCCCCCCCCCC/C=C/C=C/C(=O)OC[C@@H](COP(=O)(O)OC1C(O)C(O)C(O)[C@H](O)C1O)OC(=O)CCCCCCCCCC. The van der Waals surface area contributed by atoms with E-state index in [-0.39, 0.29) is 6.42 Å². The van der Waals surface area contributed by atoms with Crippen LogP contribution in [0.1, 0.15) is 149 Å². The number of carbonyl (C=O) groups excluding carboxylic acids is 2. The molecule has 304 valence electrons. The molecular formula is C38H69O13P. The van der Waals surface area contributed by atoms with E-state index in [4.69, 9.17) is 18.5 Å². The molecule has 0 radical (unpaired) electrons. The van der Waals surface area contributed by atoms with Crippen molar-refractivity contribution >= 4 is 19.8 Å². The number of ether oxygens (including phenoxy) is 2. The average molecular weight is 765 g/mol. The smallest absolute Gasteiger partial charge is 0.458 e. The zero-order valence-electron chi connectivity index (χ0n) is 31.6. The predicted octanol–water partition coefficient (Wildman–Crippen LogP) is 6.11. The van der Waals surface area contributed by atoms with Crippen LogP contribution in [0.5, 0.6) is 0 Å². The first-order chi connectivity index (χ1) is 24.9. The molecule has 1 rings (SSSR count). The van der Waals surface area contributed by atoms with E-state index in [1.165, 1.54) is 82.8 Å². The second kappa shape index (κ2) is 29.7. The lowest BCUT2D eigenvalue weighted by molar-refractivity contribution is -0.220. The topological polar surface area (TPSA) is 210 Å². The van der Waals surface area contributed by atoms with E-state index in [0.29, 0.717) is 6.42 Å². The van der Waals surface area contributed by atoms with Gasteiger partial charge in [0.05, 0.1) is 6.61 Å². The molecule has 1 fully saturated rings. The molecule has 6 unspecified atom stereocenters. The Morgan fingerprint density at radius 3 is 1.62 bits per heavy atom. The summed E-state index contributed by atoms with van der Waals surface area (Å²) in [6.45, 7) is 3.11. The van der Waals surface area contributed by atoms with Crippen molar-refractivity contribution in [3.63, 3.8) is 0 Å². The van der Waals surface area contributed by atoms with Gasteiger partial charge in [-0.1, -0.05) is 141 Å². The number of aliphatic hydroxyl groups excluding tert-OH is 5. The van der Waals surface area contributed by atoms with Crippen molar-refractivity contribution in [3.8, 4) is 0 Å². The Morgan fingerprint density at radius 2 is 1.10 bits per heavy atom. The van der Waals surface area contributed by atoms with Crippen molar-refractivity contribution in [1.29, 1.82) is 0 Å². The lowest BCUT2D eigenvalue weighted by Crippen LogP contribution is -2.64. The van der Waals surface area contributed by atoms with Crippen LogP contribution in [0.25, 0.3) is 0 Å². The highest BCUT2D eigenvalue weighted by Gasteiger charge is 2.51. The first-order valence-corrected chi connectivity index (χ1v) is 21.2.